The van der Waals surface area contributed by atoms with Gasteiger partial charge in [-0.3, -0.25) is 9.48 Å². The molecular weight excluding hydrogens is 407 g/mol. The molecule has 0 saturated heterocycles. The third-order valence-corrected chi connectivity index (χ3v) is 4.62. The largest absolute Gasteiger partial charge is 0.487 e. The summed E-state index contributed by atoms with van der Waals surface area (Å²) in [7, 11) is 1.73. The number of fused-ring (bicyclic) bond motifs is 1. The molecule has 0 fully saturated rings. The van der Waals surface area contributed by atoms with E-state index in [1.165, 1.54) is 6.07 Å². The van der Waals surface area contributed by atoms with Crippen molar-refractivity contribution in [1.29, 1.82) is 0 Å². The summed E-state index contributed by atoms with van der Waals surface area (Å²) < 4.78 is 27.3. The molecule has 1 aliphatic heterocycles. The molecule has 9 nitrogen and oxygen atoms in total. The normalized spacial score (nSPS) is 13.9. The first-order valence-electron chi connectivity index (χ1n) is 9.35. The van der Waals surface area contributed by atoms with Gasteiger partial charge in [0.1, 0.15) is 22.8 Å². The van der Waals surface area contributed by atoms with Gasteiger partial charge >= 0.3 is 5.97 Å². The van der Waals surface area contributed by atoms with E-state index in [-0.39, 0.29) is 11.3 Å². The molecule has 0 radical (unpaired) electrons. The fourth-order valence-electron chi connectivity index (χ4n) is 3.30. The minimum atomic E-state index is -1.48. The molecule has 0 bridgehead atoms. The number of halogens is 1. The number of anilines is 1. The lowest BCUT2D eigenvalue weighted by molar-refractivity contribution is 0.0684. The minimum absolute atomic E-state index is 0.00306. The van der Waals surface area contributed by atoms with Crippen LogP contribution in [0.3, 0.4) is 0 Å². The lowest BCUT2D eigenvalue weighted by atomic mass is 9.99. The molecule has 1 aliphatic rings. The zero-order valence-corrected chi connectivity index (χ0v) is 17.0. The Labute approximate surface area is 176 Å². The summed E-state index contributed by atoms with van der Waals surface area (Å²) in [5.41, 5.74) is -0.256. The second-order valence-electron chi connectivity index (χ2n) is 7.73. The van der Waals surface area contributed by atoms with E-state index in [2.05, 4.69) is 15.4 Å². The summed E-state index contributed by atoms with van der Waals surface area (Å²) in [5, 5.41) is 15.7. The van der Waals surface area contributed by atoms with Gasteiger partial charge in [0.25, 0.3) is 5.91 Å². The first-order valence-corrected chi connectivity index (χ1v) is 9.35. The van der Waals surface area contributed by atoms with Gasteiger partial charge in [0.05, 0.1) is 6.20 Å². The highest BCUT2D eigenvalue weighted by Gasteiger charge is 2.34. The number of aromatic carboxylic acids is 1. The zero-order chi connectivity index (χ0) is 22.3. The summed E-state index contributed by atoms with van der Waals surface area (Å²) in [6.07, 6.45) is 3.31. The van der Waals surface area contributed by atoms with E-state index in [4.69, 9.17) is 14.6 Å². The first kappa shape index (κ1) is 20.3. The monoisotopic (exact) mass is 426 g/mol. The van der Waals surface area contributed by atoms with E-state index in [0.29, 0.717) is 29.3 Å². The molecule has 1 amide bonds. The van der Waals surface area contributed by atoms with Crippen LogP contribution in [-0.4, -0.2) is 37.3 Å². The molecule has 0 atom stereocenters. The minimum Gasteiger partial charge on any atom is -0.487 e. The van der Waals surface area contributed by atoms with E-state index < -0.39 is 29.0 Å². The van der Waals surface area contributed by atoms with Crippen LogP contribution in [-0.2, 0) is 13.5 Å². The van der Waals surface area contributed by atoms with E-state index in [1.54, 1.807) is 30.1 Å². The summed E-state index contributed by atoms with van der Waals surface area (Å²) in [4.78, 5) is 27.3. The number of aryl methyl sites for hydroxylation is 1. The first-order chi connectivity index (χ1) is 14.6. The van der Waals surface area contributed by atoms with Gasteiger partial charge < -0.3 is 19.9 Å². The highest BCUT2D eigenvalue weighted by Crippen LogP contribution is 2.43. The fourth-order valence-corrected chi connectivity index (χ4v) is 3.30. The van der Waals surface area contributed by atoms with Crippen LogP contribution in [0.5, 0.6) is 17.2 Å². The van der Waals surface area contributed by atoms with Crippen molar-refractivity contribution in [2.24, 2.45) is 7.05 Å². The van der Waals surface area contributed by atoms with Gasteiger partial charge in [-0.1, -0.05) is 0 Å². The van der Waals surface area contributed by atoms with Crippen molar-refractivity contribution >= 4 is 17.7 Å². The van der Waals surface area contributed by atoms with E-state index >= 15 is 0 Å². The van der Waals surface area contributed by atoms with Crippen molar-refractivity contribution in [3.63, 3.8) is 0 Å². The van der Waals surface area contributed by atoms with Crippen LogP contribution in [0, 0.1) is 5.82 Å². The van der Waals surface area contributed by atoms with Crippen molar-refractivity contribution in [3.8, 4) is 17.2 Å². The summed E-state index contributed by atoms with van der Waals surface area (Å²) in [6.45, 7) is 3.79. The number of carboxylic acids is 1. The number of pyridine rings is 1. The molecule has 4 rings (SSSR count). The average Bonchev–Trinajstić information content (AvgIpc) is 3.22. The van der Waals surface area contributed by atoms with Crippen molar-refractivity contribution in [1.82, 2.24) is 14.8 Å². The fraction of sp³-hybridized carbons (Fsp3) is 0.238. The van der Waals surface area contributed by atoms with Crippen LogP contribution in [0.1, 0.15) is 40.3 Å². The third kappa shape index (κ3) is 4.18. The Balaban J connectivity index is 1.69. The molecule has 2 aromatic heterocycles. The highest BCUT2D eigenvalue weighted by atomic mass is 19.1. The molecule has 160 valence electrons. The number of carbonyl (C=O) groups excluding carboxylic acids is 1. The van der Waals surface area contributed by atoms with Crippen molar-refractivity contribution in [2.45, 2.75) is 25.9 Å². The van der Waals surface area contributed by atoms with Gasteiger partial charge in [-0.15, -0.1) is 0 Å². The quantitative estimate of drug-likeness (QED) is 0.642. The lowest BCUT2D eigenvalue weighted by Gasteiger charge is -2.16. The Morgan fingerprint density at radius 3 is 2.74 bits per heavy atom. The maximum Gasteiger partial charge on any atom is 0.357 e. The van der Waals surface area contributed by atoms with Crippen LogP contribution in [0.2, 0.25) is 0 Å². The van der Waals surface area contributed by atoms with E-state index in [0.717, 1.165) is 12.3 Å². The number of amides is 1. The highest BCUT2D eigenvalue weighted by molar-refractivity contribution is 6.04. The van der Waals surface area contributed by atoms with Crippen molar-refractivity contribution in [3.05, 3.63) is 59.3 Å². The Morgan fingerprint density at radius 1 is 1.32 bits per heavy atom. The van der Waals surface area contributed by atoms with Crippen LogP contribution < -0.4 is 14.8 Å². The Kier molecular flexibility index (Phi) is 4.84. The maximum absolute atomic E-state index is 14.0. The maximum atomic E-state index is 14.0. The summed E-state index contributed by atoms with van der Waals surface area (Å²) in [6, 6.07) is 5.72. The molecule has 3 aromatic rings. The molecule has 0 unspecified atom stereocenters. The number of carboxylic acid groups (broad SMARTS) is 1. The predicted molar refractivity (Wildman–Crippen MR) is 107 cm³/mol. The molecule has 1 aromatic carbocycles. The second-order valence-corrected chi connectivity index (χ2v) is 7.73. The number of hydrogen-bond donors (Lipinski definition) is 2. The van der Waals surface area contributed by atoms with Gasteiger partial charge in [0, 0.05) is 42.9 Å². The predicted octanol–water partition coefficient (Wildman–Crippen LogP) is 3.41. The number of nitrogens with zero attached hydrogens (tertiary/aromatic N) is 3. The number of carbonyl (C=O) groups is 2. The summed E-state index contributed by atoms with van der Waals surface area (Å²) >= 11 is 0. The van der Waals surface area contributed by atoms with E-state index in [1.807, 2.05) is 13.8 Å². The van der Waals surface area contributed by atoms with Crippen molar-refractivity contribution in [2.75, 3.05) is 5.32 Å². The SMILES string of the molecule is Cn1ccc(NC(=O)c2cc(Oc3cnc(C(=O)O)c(F)c3)c3c(c2)OC(C)(C)C3)n1. The van der Waals surface area contributed by atoms with E-state index in [9.17, 15) is 14.0 Å². The number of ether oxygens (including phenoxy) is 2. The van der Waals surface area contributed by atoms with Crippen molar-refractivity contribution < 1.29 is 28.6 Å². The smallest absolute Gasteiger partial charge is 0.357 e. The molecule has 0 saturated carbocycles. The van der Waals surface area contributed by atoms with Gasteiger partial charge in [0.15, 0.2) is 17.3 Å². The van der Waals surface area contributed by atoms with Crippen LogP contribution in [0.4, 0.5) is 10.2 Å². The molecule has 0 spiro atoms. The number of nitrogens with one attached hydrogen (secondary N) is 1. The standard InChI is InChI=1S/C21H19FN4O5/c1-21(2)9-13-15(30-12-8-14(22)18(20(28)29)23-10-12)6-11(7-16(13)31-21)19(27)24-17-4-5-26(3)25-17/h4-8,10H,9H2,1-3H3,(H,28,29)(H,24,25,27). The number of hydrogen-bond acceptors (Lipinski definition) is 6. The lowest BCUT2D eigenvalue weighted by Crippen LogP contribution is -2.24. The molecular formula is C21H19FN4O5. The molecule has 10 heteroatoms. The number of rotatable bonds is 5. The van der Waals surface area contributed by atoms with Gasteiger partial charge in [0.2, 0.25) is 0 Å². The van der Waals surface area contributed by atoms with Gasteiger partial charge in [-0.05, 0) is 26.0 Å². The Hall–Kier alpha value is -3.95. The van der Waals surface area contributed by atoms with Crippen LogP contribution >= 0.6 is 0 Å². The molecule has 3 heterocycles. The number of aromatic nitrogens is 3. The Bertz CT molecular complexity index is 1200. The van der Waals surface area contributed by atoms with Crippen LogP contribution in [0.25, 0.3) is 0 Å². The molecule has 0 aliphatic carbocycles. The molecule has 2 N–H and O–H groups in total. The second kappa shape index (κ2) is 7.38. The van der Waals surface area contributed by atoms with Gasteiger partial charge in [-0.25, -0.2) is 14.2 Å². The zero-order valence-electron chi connectivity index (χ0n) is 17.0. The third-order valence-electron chi connectivity index (χ3n) is 4.62. The summed E-state index contributed by atoms with van der Waals surface area (Å²) in [5.74, 6) is -1.78. The molecule has 31 heavy (non-hydrogen) atoms. The van der Waals surface area contributed by atoms with Gasteiger partial charge in [-0.2, -0.15) is 5.10 Å². The average molecular weight is 426 g/mol. The topological polar surface area (TPSA) is 116 Å². The number of benzene rings is 1. The Morgan fingerprint density at radius 2 is 2.10 bits per heavy atom. The van der Waals surface area contributed by atoms with Crippen LogP contribution in [0.15, 0.2) is 36.7 Å².